The minimum atomic E-state index is -0.487. The highest BCUT2D eigenvalue weighted by atomic mass is 16.4. The summed E-state index contributed by atoms with van der Waals surface area (Å²) in [5, 5.41) is 13.1. The number of para-hydroxylation sites is 6. The van der Waals surface area contributed by atoms with Crippen LogP contribution in [0.15, 0.2) is 403 Å². The Kier molecular flexibility index (Phi) is 16.4. The Morgan fingerprint density at radius 3 is 0.824 bits per heavy atom. The van der Waals surface area contributed by atoms with Crippen molar-refractivity contribution in [1.29, 1.82) is 0 Å². The minimum absolute atomic E-state index is 0.414. The van der Waals surface area contributed by atoms with Crippen molar-refractivity contribution in [2.45, 2.75) is 90.9 Å². The third-order valence-corrected chi connectivity index (χ3v) is 32.8. The Morgan fingerprint density at radius 1 is 0.176 bits per heavy atom. The van der Waals surface area contributed by atoms with Crippen LogP contribution in [0, 0.1) is 13.8 Å². The van der Waals surface area contributed by atoms with Crippen LogP contribution in [0.3, 0.4) is 0 Å². The molecule has 4 aliphatic rings. The second-order valence-electron chi connectivity index (χ2n) is 42.1. The maximum atomic E-state index is 7.55. The third kappa shape index (κ3) is 11.1. The van der Waals surface area contributed by atoms with Crippen LogP contribution in [0.1, 0.15) is 111 Å². The van der Waals surface area contributed by atoms with E-state index in [1.807, 2.05) is 0 Å². The van der Waals surface area contributed by atoms with Gasteiger partial charge in [-0.2, -0.15) is 0 Å². The first-order chi connectivity index (χ1) is 69.2. The van der Waals surface area contributed by atoms with Gasteiger partial charge in [-0.05, 0) is 270 Å². The summed E-state index contributed by atoms with van der Waals surface area (Å²) in [6, 6.07) is 139. The van der Waals surface area contributed by atoms with Crippen LogP contribution in [0.4, 0.5) is 34.1 Å². The van der Waals surface area contributed by atoms with Crippen LogP contribution < -0.4 is 9.80 Å². The average Bonchev–Trinajstić information content (AvgIpc) is 1.54. The number of benzene rings is 20. The first-order valence-electron chi connectivity index (χ1n) is 49.5. The van der Waals surface area contributed by atoms with Gasteiger partial charge in [0.15, 0.2) is 11.2 Å². The molecule has 4 aliphatic carbocycles. The van der Waals surface area contributed by atoms with Crippen LogP contribution in [0.5, 0.6) is 0 Å². The molecule has 0 saturated carbocycles. The standard InChI is InChI=1S/C134H92N2O6/c1-73-43-47-77(48-44-73)98-71-107-118(122-93-33-19-23-41-113(93)140-128(98)122)89-59-54-83(67-102(89)133(107,7)8)136(84-55-60-90-103(68-84)134(9,10)108-72-99(78-49-45-74(2)46-50-78)129-123(119(90)108)94-34-20-24-42-114(94)141-129)110-38-26-36-87-100-63-79(52-62-115(100)138-126(87)110)80-51-57-95-116(64-80)142-130-97(76-29-15-12-16-30-76)70-106-120(124(95)130)91-61-56-82(66-104(91)132(106,5)6)135(109-37-25-35-86-85-31-17-21-39-111(85)137-125(86)109)81-53-58-88-101(65-81)131(3,4)105-69-96(75-27-13-11-14-28-75)127-121(117(88)105)92-32-18-22-40-112(92)139-127/h11-72H,1-10H3. The van der Waals surface area contributed by atoms with Gasteiger partial charge in [-0.15, -0.1) is 0 Å². The number of hydrogen-bond acceptors (Lipinski definition) is 8. The van der Waals surface area contributed by atoms with Gasteiger partial charge in [-0.25, -0.2) is 0 Å². The summed E-state index contributed by atoms with van der Waals surface area (Å²) in [6.07, 6.45) is 0. The summed E-state index contributed by atoms with van der Waals surface area (Å²) in [4.78, 5) is 4.92. The van der Waals surface area contributed by atoms with Crippen molar-refractivity contribution in [3.63, 3.8) is 0 Å². The number of anilines is 6. The molecule has 674 valence electrons. The van der Waals surface area contributed by atoms with Gasteiger partial charge in [-0.3, -0.25) is 0 Å². The lowest BCUT2D eigenvalue weighted by Gasteiger charge is -2.29. The number of hydrogen-bond donors (Lipinski definition) is 0. The molecule has 0 saturated heterocycles. The van der Waals surface area contributed by atoms with Crippen LogP contribution >= 0.6 is 0 Å². The van der Waals surface area contributed by atoms with Crippen molar-refractivity contribution in [2.24, 2.45) is 0 Å². The van der Waals surface area contributed by atoms with Crippen LogP contribution in [-0.2, 0) is 21.7 Å². The monoisotopic (exact) mass is 1820 g/mol. The van der Waals surface area contributed by atoms with Crippen molar-refractivity contribution in [1.82, 2.24) is 0 Å². The molecule has 0 radical (unpaired) electrons. The topological polar surface area (TPSA) is 85.3 Å². The smallest absolute Gasteiger partial charge is 0.159 e. The number of nitrogens with zero attached hydrogens (tertiary/aromatic N) is 2. The highest BCUT2D eigenvalue weighted by molar-refractivity contribution is 6.25. The lowest BCUT2D eigenvalue weighted by atomic mass is 9.80. The summed E-state index contributed by atoms with van der Waals surface area (Å²) in [5.41, 5.74) is 47.4. The molecular weight excluding hydrogens is 1730 g/mol. The van der Waals surface area contributed by atoms with Gasteiger partial charge in [0.25, 0.3) is 0 Å². The molecule has 0 atom stereocenters. The second-order valence-corrected chi connectivity index (χ2v) is 42.1. The Bertz CT molecular complexity index is 9840. The molecule has 0 bridgehead atoms. The van der Waals surface area contributed by atoms with Crippen molar-refractivity contribution in [2.75, 3.05) is 9.80 Å². The quantitative estimate of drug-likeness (QED) is 0.127. The Morgan fingerprint density at radius 2 is 0.451 bits per heavy atom. The van der Waals surface area contributed by atoms with E-state index < -0.39 is 21.7 Å². The molecule has 0 spiro atoms. The van der Waals surface area contributed by atoms with E-state index in [9.17, 15) is 0 Å². The molecule has 30 rings (SSSR count). The second kappa shape index (κ2) is 28.8. The van der Waals surface area contributed by atoms with Gasteiger partial charge in [0.1, 0.15) is 55.8 Å². The summed E-state index contributed by atoms with van der Waals surface area (Å²) < 4.78 is 43.1. The maximum absolute atomic E-state index is 7.55. The fourth-order valence-electron chi connectivity index (χ4n) is 25.6. The van der Waals surface area contributed by atoms with Crippen LogP contribution in [0.2, 0.25) is 0 Å². The first-order valence-corrected chi connectivity index (χ1v) is 49.5. The SMILES string of the molecule is Cc1ccc(-c2cc3c(c4c2oc2ccccc24)-c2ccc(N(c4ccc5c(c4)C(C)(C)c4cc(-c6ccc(C)cc6)c6oc7ccccc7c6c4-5)c4cccc5c4oc4ccc(-c6ccc7c(c6)oc6c(-c8ccccc8)cc8c(c67)-c6ccc(N(c7ccc9c(c7)C(C)(C)c7cc(-c%10ccccc%10)c%10oc%11ccccc%11c%10c7-9)c7cccc9c7oc7ccccc79)cc6C8(C)C)cc45)cc2C3(C)C)cc1. The van der Waals surface area contributed by atoms with E-state index in [0.717, 1.165) is 221 Å². The zero-order chi connectivity index (χ0) is 94.7. The fraction of sp³-hybridized carbons (Fsp3) is 0.104. The molecule has 6 aromatic heterocycles. The van der Waals surface area contributed by atoms with Gasteiger partial charge in [0, 0.05) is 131 Å². The van der Waals surface area contributed by atoms with Crippen molar-refractivity contribution >= 4 is 166 Å². The third-order valence-electron chi connectivity index (χ3n) is 32.8. The average molecular weight is 1830 g/mol. The highest BCUT2D eigenvalue weighted by Gasteiger charge is 2.46. The van der Waals surface area contributed by atoms with E-state index >= 15 is 0 Å². The van der Waals surface area contributed by atoms with Crippen molar-refractivity contribution < 1.29 is 26.5 Å². The lowest BCUT2D eigenvalue weighted by molar-refractivity contribution is 0.656. The van der Waals surface area contributed by atoms with Crippen molar-refractivity contribution in [3.8, 4) is 100 Å². The molecule has 0 amide bonds. The molecule has 0 N–H and O–H groups in total. The minimum Gasteiger partial charge on any atom is -0.455 e. The van der Waals surface area contributed by atoms with E-state index in [4.69, 9.17) is 26.5 Å². The Hall–Kier alpha value is -17.2. The van der Waals surface area contributed by atoms with Gasteiger partial charge < -0.3 is 36.3 Å². The number of fused-ring (bicyclic) bond motifs is 34. The van der Waals surface area contributed by atoms with Gasteiger partial charge in [-0.1, -0.05) is 309 Å². The number of furan rings is 6. The summed E-state index contributed by atoms with van der Waals surface area (Å²) >= 11 is 0. The highest BCUT2D eigenvalue weighted by Crippen LogP contribution is 2.64. The summed E-state index contributed by atoms with van der Waals surface area (Å²) in [6.45, 7) is 23.5. The predicted octanol–water partition coefficient (Wildman–Crippen LogP) is 38.2. The Labute approximate surface area is 819 Å². The Balaban J connectivity index is 0.566. The molecular formula is C134H92N2O6. The largest absolute Gasteiger partial charge is 0.455 e. The summed E-state index contributed by atoms with van der Waals surface area (Å²) in [5.74, 6) is 0. The number of rotatable bonds is 11. The van der Waals surface area contributed by atoms with Crippen LogP contribution in [-0.4, -0.2) is 0 Å². The lowest BCUT2D eigenvalue weighted by Crippen LogP contribution is -2.18. The van der Waals surface area contributed by atoms with E-state index in [2.05, 4.69) is 455 Å². The van der Waals surface area contributed by atoms with E-state index in [0.29, 0.717) is 0 Å². The maximum Gasteiger partial charge on any atom is 0.159 e. The molecule has 0 fully saturated rings. The molecule has 0 unspecified atom stereocenters. The molecule has 142 heavy (non-hydrogen) atoms. The fourth-order valence-corrected chi connectivity index (χ4v) is 25.6. The van der Waals surface area contributed by atoms with E-state index in [-0.39, 0.29) is 0 Å². The summed E-state index contributed by atoms with van der Waals surface area (Å²) in [7, 11) is 0. The van der Waals surface area contributed by atoms with Crippen LogP contribution in [0.25, 0.3) is 232 Å². The van der Waals surface area contributed by atoms with Crippen molar-refractivity contribution in [3.05, 3.63) is 432 Å². The normalized spacial score (nSPS) is 14.4. The van der Waals surface area contributed by atoms with E-state index in [1.165, 1.54) is 100 Å². The van der Waals surface area contributed by atoms with Gasteiger partial charge in [0.2, 0.25) is 0 Å². The molecule has 20 aromatic carbocycles. The van der Waals surface area contributed by atoms with E-state index in [1.54, 1.807) is 0 Å². The molecule has 8 nitrogen and oxygen atoms in total. The molecule has 6 heterocycles. The zero-order valence-electron chi connectivity index (χ0n) is 80.1. The first kappa shape index (κ1) is 80.9. The van der Waals surface area contributed by atoms with Gasteiger partial charge in [0.05, 0.1) is 11.4 Å². The molecule has 8 heteroatoms. The number of aryl methyl sites for hydroxylation is 2. The predicted molar refractivity (Wildman–Crippen MR) is 586 cm³/mol. The molecule has 26 aromatic rings. The molecule has 0 aliphatic heterocycles. The zero-order valence-corrected chi connectivity index (χ0v) is 80.1. The van der Waals surface area contributed by atoms with Gasteiger partial charge >= 0.3 is 0 Å².